The van der Waals surface area contributed by atoms with Crippen LogP contribution in [0.1, 0.15) is 13.8 Å². The Bertz CT molecular complexity index is 221. The number of hydrogen-bond acceptors (Lipinski definition) is 3. The Kier molecular flexibility index (Phi) is 2.87. The van der Waals surface area contributed by atoms with Crippen molar-refractivity contribution in [2.45, 2.75) is 25.9 Å². The summed E-state index contributed by atoms with van der Waals surface area (Å²) in [4.78, 5) is 23.5. The van der Waals surface area contributed by atoms with E-state index < -0.39 is 6.04 Å². The van der Waals surface area contributed by atoms with Crippen molar-refractivity contribution in [3.8, 4) is 0 Å². The number of nitrogens with zero attached hydrogens (tertiary/aromatic N) is 1. The van der Waals surface area contributed by atoms with Crippen molar-refractivity contribution in [1.82, 2.24) is 10.2 Å². The Morgan fingerprint density at radius 2 is 2.08 bits per heavy atom. The van der Waals surface area contributed by atoms with Gasteiger partial charge in [0.2, 0.25) is 11.8 Å². The number of carbonyl (C=O) groups excluding carboxylic acids is 2. The Morgan fingerprint density at radius 3 is 2.46 bits per heavy atom. The second kappa shape index (κ2) is 3.74. The van der Waals surface area contributed by atoms with Crippen molar-refractivity contribution in [3.63, 3.8) is 0 Å². The summed E-state index contributed by atoms with van der Waals surface area (Å²) in [5, 5.41) is 2.73. The fraction of sp³-hybridized carbons (Fsp3) is 0.750. The summed E-state index contributed by atoms with van der Waals surface area (Å²) in [6.45, 7) is 4.30. The largest absolute Gasteiger partial charge is 0.350 e. The topological polar surface area (TPSA) is 75.4 Å². The van der Waals surface area contributed by atoms with Crippen LogP contribution in [0.3, 0.4) is 0 Å². The van der Waals surface area contributed by atoms with E-state index in [2.05, 4.69) is 5.32 Å². The van der Waals surface area contributed by atoms with E-state index in [0.717, 1.165) is 0 Å². The summed E-state index contributed by atoms with van der Waals surface area (Å²) in [5.41, 5.74) is 5.41. The van der Waals surface area contributed by atoms with Crippen LogP contribution in [0, 0.1) is 0 Å². The monoisotopic (exact) mass is 185 g/mol. The molecule has 1 aliphatic heterocycles. The van der Waals surface area contributed by atoms with Crippen LogP contribution in [0.5, 0.6) is 0 Å². The van der Waals surface area contributed by atoms with Gasteiger partial charge in [0.25, 0.3) is 0 Å². The van der Waals surface area contributed by atoms with Gasteiger partial charge in [-0.2, -0.15) is 0 Å². The maximum absolute atomic E-state index is 11.2. The summed E-state index contributed by atoms with van der Waals surface area (Å²) < 4.78 is 0. The van der Waals surface area contributed by atoms with Crippen LogP contribution in [0.2, 0.25) is 0 Å². The van der Waals surface area contributed by atoms with Gasteiger partial charge in [-0.15, -0.1) is 0 Å². The zero-order valence-electron chi connectivity index (χ0n) is 7.91. The van der Waals surface area contributed by atoms with Gasteiger partial charge in [0.1, 0.15) is 0 Å². The maximum Gasteiger partial charge on any atom is 0.239 e. The van der Waals surface area contributed by atoms with E-state index in [1.807, 2.05) is 0 Å². The molecule has 0 aromatic heterocycles. The summed E-state index contributed by atoms with van der Waals surface area (Å²) in [7, 11) is 0. The summed E-state index contributed by atoms with van der Waals surface area (Å²) in [6.07, 6.45) is 0. The van der Waals surface area contributed by atoms with E-state index in [-0.39, 0.29) is 17.9 Å². The highest BCUT2D eigenvalue weighted by Gasteiger charge is 2.31. The van der Waals surface area contributed by atoms with Crippen molar-refractivity contribution < 1.29 is 9.59 Å². The highest BCUT2D eigenvalue weighted by molar-refractivity contribution is 5.82. The Labute approximate surface area is 77.3 Å². The Morgan fingerprint density at radius 1 is 1.54 bits per heavy atom. The quantitative estimate of drug-likeness (QED) is 0.560. The first-order valence-corrected chi connectivity index (χ1v) is 4.32. The maximum atomic E-state index is 11.2. The zero-order chi connectivity index (χ0) is 10.0. The molecule has 2 amide bonds. The first-order chi connectivity index (χ1) is 6.00. The van der Waals surface area contributed by atoms with Crippen molar-refractivity contribution in [1.29, 1.82) is 0 Å². The molecule has 0 bridgehead atoms. The van der Waals surface area contributed by atoms with Gasteiger partial charge in [0, 0.05) is 20.0 Å². The second-order valence-electron chi connectivity index (χ2n) is 3.43. The minimum Gasteiger partial charge on any atom is -0.350 e. The lowest BCUT2D eigenvalue weighted by Gasteiger charge is -2.40. The molecule has 5 nitrogen and oxygen atoms in total. The van der Waals surface area contributed by atoms with E-state index in [1.165, 1.54) is 6.92 Å². The lowest BCUT2D eigenvalue weighted by Crippen LogP contribution is -2.63. The minimum atomic E-state index is -0.446. The van der Waals surface area contributed by atoms with Gasteiger partial charge in [-0.1, -0.05) is 0 Å². The molecule has 0 aromatic carbocycles. The second-order valence-corrected chi connectivity index (χ2v) is 3.43. The average molecular weight is 185 g/mol. The molecule has 0 saturated carbocycles. The van der Waals surface area contributed by atoms with Crippen LogP contribution in [0.4, 0.5) is 0 Å². The first-order valence-electron chi connectivity index (χ1n) is 4.32. The number of amides is 2. The molecule has 0 radical (unpaired) electrons. The normalized spacial score (nSPS) is 19.2. The number of nitrogens with two attached hydrogens (primary N) is 1. The van der Waals surface area contributed by atoms with E-state index in [4.69, 9.17) is 5.73 Å². The molecular weight excluding hydrogens is 170 g/mol. The van der Waals surface area contributed by atoms with E-state index in [1.54, 1.807) is 11.8 Å². The third-order valence-corrected chi connectivity index (χ3v) is 1.99. The lowest BCUT2D eigenvalue weighted by molar-refractivity contribution is -0.138. The molecule has 0 aromatic rings. The van der Waals surface area contributed by atoms with E-state index in [9.17, 15) is 9.59 Å². The van der Waals surface area contributed by atoms with Crippen LogP contribution in [-0.4, -0.2) is 41.9 Å². The van der Waals surface area contributed by atoms with Crippen LogP contribution >= 0.6 is 0 Å². The predicted octanol–water partition coefficient (Wildman–Crippen LogP) is -1.32. The minimum absolute atomic E-state index is 0.0541. The molecular formula is C8H15N3O2. The number of rotatable bonds is 2. The number of hydrogen-bond donors (Lipinski definition) is 2. The highest BCUT2D eigenvalue weighted by atomic mass is 16.2. The molecule has 1 aliphatic rings. The molecule has 1 rings (SSSR count). The van der Waals surface area contributed by atoms with Gasteiger partial charge in [-0.25, -0.2) is 0 Å². The summed E-state index contributed by atoms with van der Waals surface area (Å²) >= 11 is 0. The SMILES string of the molecule is CC(=O)NC1CN(C(=O)C(C)N)C1. The van der Waals surface area contributed by atoms with E-state index >= 15 is 0 Å². The smallest absolute Gasteiger partial charge is 0.239 e. The number of carbonyl (C=O) groups is 2. The van der Waals surface area contributed by atoms with Crippen molar-refractivity contribution >= 4 is 11.8 Å². The van der Waals surface area contributed by atoms with Crippen LogP contribution in [0.15, 0.2) is 0 Å². The van der Waals surface area contributed by atoms with Crippen LogP contribution in [-0.2, 0) is 9.59 Å². The van der Waals surface area contributed by atoms with Gasteiger partial charge in [-0.3, -0.25) is 9.59 Å². The van der Waals surface area contributed by atoms with E-state index in [0.29, 0.717) is 13.1 Å². The molecule has 0 spiro atoms. The molecule has 13 heavy (non-hydrogen) atoms. The first kappa shape index (κ1) is 9.98. The third-order valence-electron chi connectivity index (χ3n) is 1.99. The standard InChI is InChI=1S/C8H15N3O2/c1-5(9)8(13)11-3-7(4-11)10-6(2)12/h5,7H,3-4,9H2,1-2H3,(H,10,12). The summed E-state index contributed by atoms with van der Waals surface area (Å²) in [5.74, 6) is -0.112. The molecule has 1 saturated heterocycles. The fourth-order valence-corrected chi connectivity index (χ4v) is 1.33. The van der Waals surface area contributed by atoms with Crippen LogP contribution < -0.4 is 11.1 Å². The molecule has 1 unspecified atom stereocenters. The lowest BCUT2D eigenvalue weighted by atomic mass is 10.1. The molecule has 3 N–H and O–H groups in total. The third kappa shape index (κ3) is 2.42. The van der Waals surface area contributed by atoms with Crippen molar-refractivity contribution in [2.75, 3.05) is 13.1 Å². The summed E-state index contributed by atoms with van der Waals surface area (Å²) in [6, 6.07) is -0.335. The van der Waals surface area contributed by atoms with Gasteiger partial charge in [0.15, 0.2) is 0 Å². The van der Waals surface area contributed by atoms with Gasteiger partial charge >= 0.3 is 0 Å². The predicted molar refractivity (Wildman–Crippen MR) is 47.8 cm³/mol. The fourth-order valence-electron chi connectivity index (χ4n) is 1.33. The van der Waals surface area contributed by atoms with Gasteiger partial charge in [-0.05, 0) is 6.92 Å². The number of likely N-dealkylation sites (tertiary alicyclic amines) is 1. The van der Waals surface area contributed by atoms with Crippen LogP contribution in [0.25, 0.3) is 0 Å². The van der Waals surface area contributed by atoms with Gasteiger partial charge < -0.3 is 16.0 Å². The molecule has 5 heteroatoms. The molecule has 1 heterocycles. The molecule has 1 atom stereocenters. The number of nitrogens with one attached hydrogen (secondary N) is 1. The van der Waals surface area contributed by atoms with Crippen molar-refractivity contribution in [2.24, 2.45) is 5.73 Å². The Hall–Kier alpha value is -1.10. The molecule has 74 valence electrons. The van der Waals surface area contributed by atoms with Crippen molar-refractivity contribution in [3.05, 3.63) is 0 Å². The highest BCUT2D eigenvalue weighted by Crippen LogP contribution is 2.08. The Balaban J connectivity index is 2.25. The average Bonchev–Trinajstić information content (AvgIpc) is 1.94. The molecule has 0 aliphatic carbocycles. The van der Waals surface area contributed by atoms with Gasteiger partial charge in [0.05, 0.1) is 12.1 Å². The molecule has 1 fully saturated rings. The zero-order valence-corrected chi connectivity index (χ0v) is 7.91.